The molecule has 0 bridgehead atoms. The van der Waals surface area contributed by atoms with Crippen molar-refractivity contribution < 1.29 is 4.79 Å². The molecule has 142 valence electrons. The van der Waals surface area contributed by atoms with Crippen LogP contribution in [0.4, 0.5) is 0 Å². The normalized spacial score (nSPS) is 16.2. The quantitative estimate of drug-likeness (QED) is 0.785. The number of hydrogen-bond acceptors (Lipinski definition) is 3. The zero-order valence-electron chi connectivity index (χ0n) is 16.2. The van der Waals surface area contributed by atoms with Crippen LogP contribution in [-0.4, -0.2) is 46.8 Å². The molecule has 5 nitrogen and oxygen atoms in total. The maximum absolute atomic E-state index is 12.7. The molecule has 1 aliphatic rings. The van der Waals surface area contributed by atoms with Crippen LogP contribution in [-0.2, 0) is 6.54 Å². The number of amides is 1. The second-order valence-corrected chi connectivity index (χ2v) is 7.44. The minimum atomic E-state index is -0.0375. The van der Waals surface area contributed by atoms with E-state index in [4.69, 9.17) is 0 Å². The van der Waals surface area contributed by atoms with Gasteiger partial charge in [-0.2, -0.15) is 5.10 Å². The molecule has 1 aromatic carbocycles. The highest BCUT2D eigenvalue weighted by atomic mass is 16.1. The summed E-state index contributed by atoms with van der Waals surface area (Å²) < 4.78 is 1.95. The van der Waals surface area contributed by atoms with Crippen LogP contribution in [0.2, 0.25) is 0 Å². The number of aryl methyl sites for hydroxylation is 1. The van der Waals surface area contributed by atoms with Gasteiger partial charge in [0.25, 0.3) is 5.91 Å². The second kappa shape index (κ2) is 9.17. The molecule has 2 aromatic rings. The third-order valence-corrected chi connectivity index (χ3v) is 5.39. The first-order valence-corrected chi connectivity index (χ1v) is 10.2. The van der Waals surface area contributed by atoms with Gasteiger partial charge in [-0.05, 0) is 57.3 Å². The molecule has 1 amide bonds. The number of carbonyl (C=O) groups is 1. The molecule has 0 saturated carbocycles. The van der Waals surface area contributed by atoms with Crippen LogP contribution >= 0.6 is 0 Å². The van der Waals surface area contributed by atoms with Gasteiger partial charge in [0.2, 0.25) is 0 Å². The number of para-hydroxylation sites is 1. The van der Waals surface area contributed by atoms with E-state index in [1.54, 1.807) is 0 Å². The van der Waals surface area contributed by atoms with Crippen LogP contribution in [0.1, 0.15) is 56.4 Å². The zero-order valence-corrected chi connectivity index (χ0v) is 16.2. The molecule has 1 aliphatic heterocycles. The number of hydrogen-bond donors (Lipinski definition) is 1. The Bertz CT molecular complexity index is 716. The molecular weight excluding hydrogens is 324 g/mol. The lowest BCUT2D eigenvalue weighted by Crippen LogP contribution is -2.39. The summed E-state index contributed by atoms with van der Waals surface area (Å²) in [4.78, 5) is 15.3. The number of carbonyl (C=O) groups excluding carboxylic acids is 1. The number of likely N-dealkylation sites (tertiary alicyclic amines) is 1. The average molecular weight is 357 g/mol. The van der Waals surface area contributed by atoms with Gasteiger partial charge in [0, 0.05) is 18.5 Å². The fraction of sp³-hybridized carbons (Fsp3) is 0.619. The summed E-state index contributed by atoms with van der Waals surface area (Å²) >= 11 is 0. The lowest BCUT2D eigenvalue weighted by Gasteiger charge is -2.31. The van der Waals surface area contributed by atoms with E-state index in [2.05, 4.69) is 29.2 Å². The molecule has 0 aliphatic carbocycles. The van der Waals surface area contributed by atoms with Crippen molar-refractivity contribution in [1.29, 1.82) is 0 Å². The maximum atomic E-state index is 12.7. The molecule has 0 radical (unpaired) electrons. The minimum absolute atomic E-state index is 0.0375. The number of fused-ring (bicyclic) bond motifs is 1. The van der Waals surface area contributed by atoms with Gasteiger partial charge in [-0.15, -0.1) is 0 Å². The first-order chi connectivity index (χ1) is 12.7. The standard InChI is InChI=1S/C21H32N4O/c1-3-5-13-24-14-10-17(11-15-24)16-22-21(26)20-18-8-6-7-9-19(18)25(23-20)12-4-2/h6-9,17H,3-5,10-16H2,1-2H3,(H,22,26). The summed E-state index contributed by atoms with van der Waals surface area (Å²) in [6.07, 6.45) is 5.90. The van der Waals surface area contributed by atoms with Crippen LogP contribution in [0.15, 0.2) is 24.3 Å². The van der Waals surface area contributed by atoms with Crippen molar-refractivity contribution in [2.75, 3.05) is 26.2 Å². The van der Waals surface area contributed by atoms with E-state index in [1.807, 2.05) is 28.9 Å². The van der Waals surface area contributed by atoms with E-state index >= 15 is 0 Å². The fourth-order valence-corrected chi connectivity index (χ4v) is 3.79. The molecule has 26 heavy (non-hydrogen) atoms. The molecule has 0 spiro atoms. The van der Waals surface area contributed by atoms with Gasteiger partial charge in [0.1, 0.15) is 0 Å². The number of nitrogens with one attached hydrogen (secondary N) is 1. The van der Waals surface area contributed by atoms with Gasteiger partial charge in [0.05, 0.1) is 5.52 Å². The molecular formula is C21H32N4O. The van der Waals surface area contributed by atoms with Crippen molar-refractivity contribution in [3.05, 3.63) is 30.0 Å². The number of piperidine rings is 1. The smallest absolute Gasteiger partial charge is 0.272 e. The van der Waals surface area contributed by atoms with Crippen LogP contribution in [0.25, 0.3) is 10.9 Å². The van der Waals surface area contributed by atoms with E-state index in [0.717, 1.165) is 43.5 Å². The van der Waals surface area contributed by atoms with Crippen LogP contribution in [0.3, 0.4) is 0 Å². The van der Waals surface area contributed by atoms with Gasteiger partial charge in [0.15, 0.2) is 5.69 Å². The molecule has 0 unspecified atom stereocenters. The third kappa shape index (κ3) is 4.44. The van der Waals surface area contributed by atoms with Crippen LogP contribution in [0.5, 0.6) is 0 Å². The Kier molecular flexibility index (Phi) is 6.67. The topological polar surface area (TPSA) is 50.2 Å². The van der Waals surface area contributed by atoms with E-state index < -0.39 is 0 Å². The van der Waals surface area contributed by atoms with Crippen molar-refractivity contribution in [1.82, 2.24) is 20.0 Å². The van der Waals surface area contributed by atoms with Crippen molar-refractivity contribution in [2.24, 2.45) is 5.92 Å². The van der Waals surface area contributed by atoms with Crippen molar-refractivity contribution in [3.8, 4) is 0 Å². The summed E-state index contributed by atoms with van der Waals surface area (Å²) in [5.41, 5.74) is 1.61. The monoisotopic (exact) mass is 356 g/mol. The Hall–Kier alpha value is -1.88. The van der Waals surface area contributed by atoms with Crippen molar-refractivity contribution >= 4 is 16.8 Å². The lowest BCUT2D eigenvalue weighted by molar-refractivity contribution is 0.0931. The molecule has 1 aromatic heterocycles. The SMILES string of the molecule is CCCCN1CCC(CNC(=O)c2nn(CCC)c3ccccc23)CC1. The average Bonchev–Trinajstić information content (AvgIpc) is 3.04. The van der Waals surface area contributed by atoms with Crippen LogP contribution in [0, 0.1) is 5.92 Å². The van der Waals surface area contributed by atoms with Gasteiger partial charge >= 0.3 is 0 Å². The predicted molar refractivity (Wildman–Crippen MR) is 106 cm³/mol. The predicted octanol–water partition coefficient (Wildman–Crippen LogP) is 3.69. The van der Waals surface area contributed by atoms with E-state index in [0.29, 0.717) is 11.6 Å². The number of aromatic nitrogens is 2. The first kappa shape index (κ1) is 18.9. The third-order valence-electron chi connectivity index (χ3n) is 5.39. The summed E-state index contributed by atoms with van der Waals surface area (Å²) in [6.45, 7) is 9.51. The van der Waals surface area contributed by atoms with E-state index in [-0.39, 0.29) is 5.91 Å². The Morgan fingerprint density at radius 1 is 1.15 bits per heavy atom. The minimum Gasteiger partial charge on any atom is -0.350 e. The summed E-state index contributed by atoms with van der Waals surface area (Å²) in [6, 6.07) is 8.02. The fourth-order valence-electron chi connectivity index (χ4n) is 3.79. The highest BCUT2D eigenvalue weighted by Crippen LogP contribution is 2.20. The van der Waals surface area contributed by atoms with E-state index in [9.17, 15) is 4.79 Å². The van der Waals surface area contributed by atoms with Gasteiger partial charge in [-0.1, -0.05) is 38.5 Å². The largest absolute Gasteiger partial charge is 0.350 e. The van der Waals surface area contributed by atoms with Crippen LogP contribution < -0.4 is 5.32 Å². The first-order valence-electron chi connectivity index (χ1n) is 10.2. The Morgan fingerprint density at radius 2 is 1.92 bits per heavy atom. The number of unbranched alkanes of at least 4 members (excludes halogenated alkanes) is 1. The summed E-state index contributed by atoms with van der Waals surface area (Å²) in [5, 5.41) is 8.68. The second-order valence-electron chi connectivity index (χ2n) is 7.44. The van der Waals surface area contributed by atoms with Gasteiger partial charge < -0.3 is 10.2 Å². The molecule has 2 heterocycles. The number of rotatable bonds is 8. The van der Waals surface area contributed by atoms with Gasteiger partial charge in [-0.3, -0.25) is 9.48 Å². The summed E-state index contributed by atoms with van der Waals surface area (Å²) in [5.74, 6) is 0.547. The highest BCUT2D eigenvalue weighted by Gasteiger charge is 2.21. The van der Waals surface area contributed by atoms with Gasteiger partial charge in [-0.25, -0.2) is 0 Å². The molecule has 5 heteroatoms. The Balaban J connectivity index is 1.57. The Morgan fingerprint density at radius 3 is 2.65 bits per heavy atom. The molecule has 1 fully saturated rings. The zero-order chi connectivity index (χ0) is 18.4. The molecule has 1 saturated heterocycles. The highest BCUT2D eigenvalue weighted by molar-refractivity contribution is 6.04. The Labute approximate surface area is 156 Å². The lowest BCUT2D eigenvalue weighted by atomic mass is 9.96. The van der Waals surface area contributed by atoms with Crippen molar-refractivity contribution in [2.45, 2.75) is 52.5 Å². The van der Waals surface area contributed by atoms with E-state index in [1.165, 1.54) is 32.2 Å². The number of benzene rings is 1. The molecule has 3 rings (SSSR count). The molecule has 0 atom stereocenters. The maximum Gasteiger partial charge on any atom is 0.272 e. The summed E-state index contributed by atoms with van der Waals surface area (Å²) in [7, 11) is 0. The number of nitrogens with zero attached hydrogens (tertiary/aromatic N) is 3. The van der Waals surface area contributed by atoms with Crippen molar-refractivity contribution in [3.63, 3.8) is 0 Å². The molecule has 1 N–H and O–H groups in total.